The zero-order valence-corrected chi connectivity index (χ0v) is 13.0. The molecule has 2 aliphatic carbocycles. The fourth-order valence-corrected chi connectivity index (χ4v) is 4.26. The first-order valence-corrected chi connectivity index (χ1v) is 8.28. The van der Waals surface area contributed by atoms with E-state index >= 15 is 0 Å². The first kappa shape index (κ1) is 15.5. The van der Waals surface area contributed by atoms with Gasteiger partial charge in [-0.05, 0) is 30.2 Å². The highest BCUT2D eigenvalue weighted by Crippen LogP contribution is 2.72. The quantitative estimate of drug-likeness (QED) is 0.758. The molecule has 0 bridgehead atoms. The largest absolute Gasteiger partial charge is 0.394 e. The molecule has 2 aliphatic rings. The van der Waals surface area contributed by atoms with Gasteiger partial charge in [0, 0.05) is 6.54 Å². The minimum Gasteiger partial charge on any atom is -0.394 e. The normalized spacial score (nSPS) is 25.3. The number of aliphatic hydroxyl groups excluding tert-OH is 1. The summed E-state index contributed by atoms with van der Waals surface area (Å²) in [5.41, 5.74) is 1.01. The lowest BCUT2D eigenvalue weighted by Gasteiger charge is -2.22. The SMILES string of the molecule is O=C(NCCOCCO)[C@@]1(c2ccccc2)CC12CCCC2. The summed E-state index contributed by atoms with van der Waals surface area (Å²) in [6.45, 7) is 1.29. The minimum absolute atomic E-state index is 0.0189. The number of amides is 1. The highest BCUT2D eigenvalue weighted by atomic mass is 16.5. The number of hydrogen-bond donors (Lipinski definition) is 2. The third-order valence-corrected chi connectivity index (χ3v) is 5.37. The van der Waals surface area contributed by atoms with Gasteiger partial charge in [0.15, 0.2) is 0 Å². The molecule has 1 amide bonds. The first-order valence-electron chi connectivity index (χ1n) is 8.28. The van der Waals surface area contributed by atoms with E-state index < -0.39 is 0 Å². The monoisotopic (exact) mass is 303 g/mol. The maximum Gasteiger partial charge on any atom is 0.231 e. The van der Waals surface area contributed by atoms with Crippen molar-refractivity contribution >= 4 is 5.91 Å². The lowest BCUT2D eigenvalue weighted by atomic mass is 9.84. The second-order valence-corrected chi connectivity index (χ2v) is 6.53. The Hall–Kier alpha value is -1.39. The van der Waals surface area contributed by atoms with Crippen LogP contribution in [0.3, 0.4) is 0 Å². The van der Waals surface area contributed by atoms with E-state index in [2.05, 4.69) is 17.4 Å². The molecule has 120 valence electrons. The Morgan fingerprint density at radius 3 is 2.59 bits per heavy atom. The molecule has 0 unspecified atom stereocenters. The lowest BCUT2D eigenvalue weighted by Crippen LogP contribution is -2.40. The van der Waals surface area contributed by atoms with Gasteiger partial charge in [-0.2, -0.15) is 0 Å². The van der Waals surface area contributed by atoms with Gasteiger partial charge in [-0.25, -0.2) is 0 Å². The van der Waals surface area contributed by atoms with Gasteiger partial charge in [0.05, 0.1) is 25.2 Å². The van der Waals surface area contributed by atoms with Crippen LogP contribution in [0.4, 0.5) is 0 Å². The van der Waals surface area contributed by atoms with Gasteiger partial charge in [-0.3, -0.25) is 4.79 Å². The van der Waals surface area contributed by atoms with E-state index in [-0.39, 0.29) is 23.3 Å². The van der Waals surface area contributed by atoms with Crippen molar-refractivity contribution in [2.45, 2.75) is 37.5 Å². The van der Waals surface area contributed by atoms with Crippen LogP contribution in [0, 0.1) is 5.41 Å². The Kier molecular flexibility index (Phi) is 4.50. The summed E-state index contributed by atoms with van der Waals surface area (Å²) < 4.78 is 5.22. The Balaban J connectivity index is 1.70. The predicted octanol–water partition coefficient (Wildman–Crippen LogP) is 2.01. The lowest BCUT2D eigenvalue weighted by molar-refractivity contribution is -0.124. The summed E-state index contributed by atoms with van der Waals surface area (Å²) in [5, 5.41) is 11.7. The van der Waals surface area contributed by atoms with Crippen molar-refractivity contribution in [2.24, 2.45) is 5.41 Å². The highest BCUT2D eigenvalue weighted by Gasteiger charge is 2.72. The number of nitrogens with one attached hydrogen (secondary N) is 1. The Bertz CT molecular complexity index is 510. The number of aliphatic hydroxyl groups is 1. The van der Waals surface area contributed by atoms with E-state index in [1.807, 2.05) is 18.2 Å². The molecule has 0 radical (unpaired) electrons. The number of carbonyl (C=O) groups is 1. The zero-order valence-electron chi connectivity index (χ0n) is 13.0. The predicted molar refractivity (Wildman–Crippen MR) is 84.6 cm³/mol. The summed E-state index contributed by atoms with van der Waals surface area (Å²) in [7, 11) is 0. The topological polar surface area (TPSA) is 58.6 Å². The standard InChI is InChI=1S/C18H25NO3/c20-11-13-22-12-10-19-16(21)18(15-6-2-1-3-7-15)14-17(18)8-4-5-9-17/h1-3,6-7,20H,4-5,8-14H2,(H,19,21)/t18-/m0/s1. The first-order chi connectivity index (χ1) is 10.8. The Labute approximate surface area is 131 Å². The van der Waals surface area contributed by atoms with Crippen LogP contribution in [-0.2, 0) is 14.9 Å². The number of benzene rings is 1. The van der Waals surface area contributed by atoms with Crippen molar-refractivity contribution in [3.63, 3.8) is 0 Å². The van der Waals surface area contributed by atoms with Crippen molar-refractivity contribution in [3.8, 4) is 0 Å². The number of ether oxygens (including phenoxy) is 1. The van der Waals surface area contributed by atoms with Crippen molar-refractivity contribution in [3.05, 3.63) is 35.9 Å². The van der Waals surface area contributed by atoms with Gasteiger partial charge >= 0.3 is 0 Å². The smallest absolute Gasteiger partial charge is 0.231 e. The molecule has 1 aromatic rings. The van der Waals surface area contributed by atoms with Crippen molar-refractivity contribution in [2.75, 3.05) is 26.4 Å². The van der Waals surface area contributed by atoms with E-state index in [4.69, 9.17) is 9.84 Å². The van der Waals surface area contributed by atoms with Crippen molar-refractivity contribution in [1.29, 1.82) is 0 Å². The van der Waals surface area contributed by atoms with Crippen LogP contribution >= 0.6 is 0 Å². The van der Waals surface area contributed by atoms with Crippen LogP contribution in [0.5, 0.6) is 0 Å². The van der Waals surface area contributed by atoms with Gasteiger partial charge < -0.3 is 15.2 Å². The van der Waals surface area contributed by atoms with Gasteiger partial charge in [-0.1, -0.05) is 43.2 Å². The van der Waals surface area contributed by atoms with E-state index in [0.717, 1.165) is 24.8 Å². The Morgan fingerprint density at radius 2 is 1.91 bits per heavy atom. The molecule has 0 heterocycles. The van der Waals surface area contributed by atoms with E-state index in [0.29, 0.717) is 19.8 Å². The fraction of sp³-hybridized carbons (Fsp3) is 0.611. The average Bonchev–Trinajstić information content (AvgIpc) is 2.96. The summed E-state index contributed by atoms with van der Waals surface area (Å²) in [6.07, 6.45) is 5.78. The van der Waals surface area contributed by atoms with E-state index in [9.17, 15) is 4.79 Å². The molecule has 1 spiro atoms. The van der Waals surface area contributed by atoms with Gasteiger partial charge in [0.1, 0.15) is 0 Å². The summed E-state index contributed by atoms with van der Waals surface area (Å²) in [4.78, 5) is 12.9. The molecular formula is C18H25NO3. The molecule has 2 fully saturated rings. The molecule has 0 aliphatic heterocycles. The van der Waals surface area contributed by atoms with Crippen LogP contribution in [0.25, 0.3) is 0 Å². The molecule has 2 N–H and O–H groups in total. The fourth-order valence-electron chi connectivity index (χ4n) is 4.26. The Morgan fingerprint density at radius 1 is 1.18 bits per heavy atom. The summed E-state index contributed by atoms with van der Waals surface area (Å²) >= 11 is 0. The van der Waals surface area contributed by atoms with E-state index in [1.54, 1.807) is 0 Å². The van der Waals surface area contributed by atoms with Gasteiger partial charge in [0.25, 0.3) is 0 Å². The third kappa shape index (κ3) is 2.55. The average molecular weight is 303 g/mol. The van der Waals surface area contributed by atoms with Crippen molar-refractivity contribution < 1.29 is 14.6 Å². The minimum atomic E-state index is -0.332. The zero-order chi connectivity index (χ0) is 15.5. The second kappa shape index (κ2) is 6.39. The molecule has 1 atom stereocenters. The third-order valence-electron chi connectivity index (χ3n) is 5.37. The molecule has 1 aromatic carbocycles. The van der Waals surface area contributed by atoms with Crippen LogP contribution in [0.2, 0.25) is 0 Å². The highest BCUT2D eigenvalue weighted by molar-refractivity contribution is 5.93. The maximum atomic E-state index is 12.9. The van der Waals surface area contributed by atoms with E-state index in [1.165, 1.54) is 12.8 Å². The van der Waals surface area contributed by atoms with Gasteiger partial charge in [-0.15, -0.1) is 0 Å². The maximum absolute atomic E-state index is 12.9. The molecule has 2 saturated carbocycles. The van der Waals surface area contributed by atoms with Crippen molar-refractivity contribution in [1.82, 2.24) is 5.32 Å². The molecule has 0 aromatic heterocycles. The molecule has 4 heteroatoms. The van der Waals surface area contributed by atoms with Gasteiger partial charge in [0.2, 0.25) is 5.91 Å². The van der Waals surface area contributed by atoms with Crippen LogP contribution in [0.1, 0.15) is 37.7 Å². The molecule has 0 saturated heterocycles. The second-order valence-electron chi connectivity index (χ2n) is 6.53. The molecule has 3 rings (SSSR count). The van der Waals surface area contributed by atoms with Crippen LogP contribution in [-0.4, -0.2) is 37.4 Å². The number of hydrogen-bond acceptors (Lipinski definition) is 3. The van der Waals surface area contributed by atoms with Crippen LogP contribution < -0.4 is 5.32 Å². The number of carbonyl (C=O) groups excluding carboxylic acids is 1. The molecular weight excluding hydrogens is 278 g/mol. The summed E-state index contributed by atoms with van der Waals surface area (Å²) in [6, 6.07) is 10.2. The van der Waals surface area contributed by atoms with Crippen LogP contribution in [0.15, 0.2) is 30.3 Å². The summed E-state index contributed by atoms with van der Waals surface area (Å²) in [5.74, 6) is 0.146. The molecule has 4 nitrogen and oxygen atoms in total. The number of rotatable bonds is 7. The molecule has 22 heavy (non-hydrogen) atoms.